The first-order valence-corrected chi connectivity index (χ1v) is 8.80. The van der Waals surface area contributed by atoms with Crippen molar-refractivity contribution in [1.29, 1.82) is 0 Å². The first kappa shape index (κ1) is 18.0. The molecular formula is C18H21F2N5O2. The topological polar surface area (TPSA) is 99.4 Å². The maximum Gasteiger partial charge on any atom is 0.239 e. The largest absolute Gasteiger partial charge is 0.370 e. The first-order chi connectivity index (χ1) is 12.9. The smallest absolute Gasteiger partial charge is 0.239 e. The van der Waals surface area contributed by atoms with Crippen LogP contribution in [0, 0.1) is 11.6 Å². The molecule has 7 nitrogen and oxygen atoms in total. The summed E-state index contributed by atoms with van der Waals surface area (Å²) in [4.78, 5) is 13.4. The van der Waals surface area contributed by atoms with E-state index in [1.807, 2.05) is 0 Å². The minimum atomic E-state index is -0.674. The number of hydrogen-bond acceptors (Lipinski definition) is 5. The molecule has 4 rings (SSSR count). The molecule has 2 aromatic rings. The van der Waals surface area contributed by atoms with Gasteiger partial charge in [-0.15, -0.1) is 0 Å². The van der Waals surface area contributed by atoms with Crippen LogP contribution in [0.4, 0.5) is 8.78 Å². The van der Waals surface area contributed by atoms with Gasteiger partial charge in [-0.25, -0.2) is 8.78 Å². The summed E-state index contributed by atoms with van der Waals surface area (Å²) >= 11 is 0. The van der Waals surface area contributed by atoms with Crippen LogP contribution in [0.15, 0.2) is 24.4 Å². The molecule has 144 valence electrons. The van der Waals surface area contributed by atoms with Gasteiger partial charge in [0.1, 0.15) is 24.3 Å². The highest BCUT2D eigenvalue weighted by atomic mass is 19.1. The van der Waals surface area contributed by atoms with Crippen molar-refractivity contribution in [2.45, 2.75) is 44.2 Å². The van der Waals surface area contributed by atoms with Crippen molar-refractivity contribution >= 4 is 5.91 Å². The van der Waals surface area contributed by atoms with Gasteiger partial charge in [-0.1, -0.05) is 0 Å². The number of fused-ring (bicyclic) bond motifs is 1. The predicted molar refractivity (Wildman–Crippen MR) is 92.1 cm³/mol. The normalized spacial score (nSPS) is 25.5. The van der Waals surface area contributed by atoms with E-state index < -0.39 is 29.7 Å². The molecular weight excluding hydrogens is 356 g/mol. The van der Waals surface area contributed by atoms with Crippen LogP contribution < -0.4 is 11.5 Å². The number of primary amides is 1. The molecule has 9 heteroatoms. The summed E-state index contributed by atoms with van der Waals surface area (Å²) in [5.74, 6) is -1.48. The Hall–Kier alpha value is -2.36. The molecule has 2 unspecified atom stereocenters. The van der Waals surface area contributed by atoms with Gasteiger partial charge in [0.2, 0.25) is 5.91 Å². The number of halogens is 2. The Morgan fingerprint density at radius 3 is 2.89 bits per heavy atom. The Morgan fingerprint density at radius 1 is 1.33 bits per heavy atom. The average molecular weight is 377 g/mol. The molecule has 0 bridgehead atoms. The molecule has 4 N–H and O–H groups in total. The zero-order chi connectivity index (χ0) is 19.1. The maximum atomic E-state index is 14.1. The van der Waals surface area contributed by atoms with Gasteiger partial charge in [0.15, 0.2) is 0 Å². The highest BCUT2D eigenvalue weighted by Crippen LogP contribution is 2.34. The fraction of sp³-hybridized carbons (Fsp3) is 0.444. The van der Waals surface area contributed by atoms with Crippen molar-refractivity contribution in [3.63, 3.8) is 0 Å². The summed E-state index contributed by atoms with van der Waals surface area (Å²) in [5.41, 5.74) is 13.7. The molecule has 1 amide bonds. The molecule has 0 saturated carbocycles. The van der Waals surface area contributed by atoms with Crippen LogP contribution >= 0.6 is 0 Å². The van der Waals surface area contributed by atoms with E-state index in [2.05, 4.69) is 10.00 Å². The zero-order valence-corrected chi connectivity index (χ0v) is 14.6. The summed E-state index contributed by atoms with van der Waals surface area (Å²) in [6.45, 7) is 1.70. The number of rotatable bonds is 4. The van der Waals surface area contributed by atoms with E-state index in [1.165, 1.54) is 0 Å². The van der Waals surface area contributed by atoms with E-state index in [0.29, 0.717) is 26.1 Å². The number of aromatic nitrogens is 2. The summed E-state index contributed by atoms with van der Waals surface area (Å²) in [7, 11) is 0. The Morgan fingerprint density at radius 2 is 2.15 bits per heavy atom. The fourth-order valence-electron chi connectivity index (χ4n) is 3.93. The Balaban J connectivity index is 1.44. The number of hydrogen-bond donors (Lipinski definition) is 2. The first-order valence-electron chi connectivity index (χ1n) is 8.80. The number of carbonyl (C=O) groups is 1. The maximum absolute atomic E-state index is 14.1. The van der Waals surface area contributed by atoms with Crippen molar-refractivity contribution in [3.8, 4) is 0 Å². The molecule has 0 radical (unpaired) electrons. The van der Waals surface area contributed by atoms with Crippen LogP contribution in [0.5, 0.6) is 0 Å². The van der Waals surface area contributed by atoms with Gasteiger partial charge in [-0.05, 0) is 24.6 Å². The second kappa shape index (κ2) is 6.99. The third-order valence-electron chi connectivity index (χ3n) is 5.25. The second-order valence-corrected chi connectivity index (χ2v) is 7.12. The molecule has 0 spiro atoms. The predicted octanol–water partition coefficient (Wildman–Crippen LogP) is 0.820. The van der Waals surface area contributed by atoms with Gasteiger partial charge in [-0.2, -0.15) is 5.10 Å². The SMILES string of the molecule is NC(=O)Cn1ncc2c1CN(C1CO[C@H](c3cc(F)ccc3F)C(N)C1)C2. The molecule has 1 aromatic heterocycles. The minimum Gasteiger partial charge on any atom is -0.370 e. The molecule has 0 aliphatic carbocycles. The van der Waals surface area contributed by atoms with E-state index >= 15 is 0 Å². The number of carbonyl (C=O) groups excluding carboxylic acids is 1. The van der Waals surface area contributed by atoms with Gasteiger partial charge < -0.3 is 16.2 Å². The summed E-state index contributed by atoms with van der Waals surface area (Å²) in [5, 5.41) is 4.20. The summed E-state index contributed by atoms with van der Waals surface area (Å²) in [6.07, 6.45) is 1.66. The van der Waals surface area contributed by atoms with Gasteiger partial charge in [0.25, 0.3) is 0 Å². The lowest BCUT2D eigenvalue weighted by molar-refractivity contribution is -0.118. The molecule has 2 aliphatic rings. The average Bonchev–Trinajstić information content (AvgIpc) is 3.19. The standard InChI is InChI=1S/C18H21F2N5O2/c19-11-1-2-14(20)13(3-11)18-15(21)4-12(9-27-18)24-6-10-5-23-25(8-17(22)26)16(10)7-24/h1-3,5,12,15,18H,4,6-9,21H2,(H2,22,26)/t12?,15?,18-/m1/s1. The van der Waals surface area contributed by atoms with E-state index in [4.69, 9.17) is 16.2 Å². The van der Waals surface area contributed by atoms with E-state index in [9.17, 15) is 13.6 Å². The summed E-state index contributed by atoms with van der Waals surface area (Å²) < 4.78 is 35.0. The van der Waals surface area contributed by atoms with Crippen LogP contribution in [0.2, 0.25) is 0 Å². The van der Waals surface area contributed by atoms with Gasteiger partial charge in [0.05, 0.1) is 18.5 Å². The van der Waals surface area contributed by atoms with Crippen LogP contribution in [-0.4, -0.2) is 39.3 Å². The Bertz CT molecular complexity index is 871. The van der Waals surface area contributed by atoms with Crippen LogP contribution in [0.25, 0.3) is 0 Å². The molecule has 1 saturated heterocycles. The molecule has 2 aliphatic heterocycles. The fourth-order valence-corrected chi connectivity index (χ4v) is 3.93. The number of benzene rings is 1. The third-order valence-corrected chi connectivity index (χ3v) is 5.25. The molecule has 3 atom stereocenters. The number of ether oxygens (including phenoxy) is 1. The molecule has 3 heterocycles. The summed E-state index contributed by atoms with van der Waals surface area (Å²) in [6, 6.07) is 2.90. The van der Waals surface area contributed by atoms with E-state index in [-0.39, 0.29) is 18.2 Å². The zero-order valence-electron chi connectivity index (χ0n) is 14.6. The van der Waals surface area contributed by atoms with Crippen molar-refractivity contribution < 1.29 is 18.3 Å². The molecule has 27 heavy (non-hydrogen) atoms. The lowest BCUT2D eigenvalue weighted by Crippen LogP contribution is -2.47. The van der Waals surface area contributed by atoms with Crippen LogP contribution in [-0.2, 0) is 29.2 Å². The van der Waals surface area contributed by atoms with Crippen molar-refractivity contribution in [3.05, 3.63) is 52.9 Å². The van der Waals surface area contributed by atoms with Crippen LogP contribution in [0.1, 0.15) is 29.3 Å². The number of amides is 1. The van der Waals surface area contributed by atoms with Gasteiger partial charge >= 0.3 is 0 Å². The minimum absolute atomic E-state index is 0.0438. The highest BCUT2D eigenvalue weighted by molar-refractivity contribution is 5.73. The van der Waals surface area contributed by atoms with Crippen LogP contribution in [0.3, 0.4) is 0 Å². The van der Waals surface area contributed by atoms with Crippen molar-refractivity contribution in [1.82, 2.24) is 14.7 Å². The number of nitrogens with zero attached hydrogens (tertiary/aromatic N) is 3. The lowest BCUT2D eigenvalue weighted by Gasteiger charge is -2.38. The molecule has 1 fully saturated rings. The molecule has 1 aromatic carbocycles. The van der Waals surface area contributed by atoms with Crippen molar-refractivity contribution in [2.75, 3.05) is 6.61 Å². The highest BCUT2D eigenvalue weighted by Gasteiger charge is 2.37. The second-order valence-electron chi connectivity index (χ2n) is 7.12. The van der Waals surface area contributed by atoms with Gasteiger partial charge in [0, 0.05) is 36.3 Å². The third kappa shape index (κ3) is 3.45. The Labute approximate surface area is 154 Å². The van der Waals surface area contributed by atoms with Crippen molar-refractivity contribution in [2.24, 2.45) is 11.5 Å². The quantitative estimate of drug-likeness (QED) is 0.822. The Kier molecular flexibility index (Phi) is 4.67. The van der Waals surface area contributed by atoms with Gasteiger partial charge in [-0.3, -0.25) is 14.4 Å². The van der Waals surface area contributed by atoms with E-state index in [0.717, 1.165) is 29.5 Å². The van der Waals surface area contributed by atoms with E-state index in [1.54, 1.807) is 10.9 Å². The monoisotopic (exact) mass is 377 g/mol. The lowest BCUT2D eigenvalue weighted by atomic mass is 9.93. The number of nitrogens with two attached hydrogens (primary N) is 2.